The SMILES string of the molecule is COC1C(CN(C)OC[C@H]2O[C@@H](n3cc(C)c(=O)[nH]c3=O)C(OC)C2OC(C)C)[C@@H](COC(C)C)O[C@H]1n1cc(C)c(=O)[nH]c1=O. The molecule has 0 saturated carbocycles. The summed E-state index contributed by atoms with van der Waals surface area (Å²) in [4.78, 5) is 60.3. The van der Waals surface area contributed by atoms with Gasteiger partial charge in [0.25, 0.3) is 11.1 Å². The molecule has 46 heavy (non-hydrogen) atoms. The van der Waals surface area contributed by atoms with E-state index in [-0.39, 0.29) is 31.3 Å². The van der Waals surface area contributed by atoms with Crippen molar-refractivity contribution in [2.75, 3.05) is 41.0 Å². The van der Waals surface area contributed by atoms with Crippen LogP contribution in [0.1, 0.15) is 51.3 Å². The largest absolute Gasteiger partial charge is 0.376 e. The lowest BCUT2D eigenvalue weighted by atomic mass is 9.97. The van der Waals surface area contributed by atoms with Crippen molar-refractivity contribution >= 4 is 0 Å². The second-order valence-corrected chi connectivity index (χ2v) is 12.3. The molecule has 2 N–H and O–H groups in total. The molecule has 4 heterocycles. The molecule has 0 amide bonds. The maximum absolute atomic E-state index is 12.8. The maximum Gasteiger partial charge on any atom is 0.330 e. The Bertz CT molecular complexity index is 1550. The van der Waals surface area contributed by atoms with E-state index in [4.69, 9.17) is 33.3 Å². The predicted molar refractivity (Wildman–Crippen MR) is 165 cm³/mol. The van der Waals surface area contributed by atoms with Gasteiger partial charge in [0.05, 0.1) is 31.5 Å². The lowest BCUT2D eigenvalue weighted by molar-refractivity contribution is -0.194. The first-order valence-corrected chi connectivity index (χ1v) is 15.4. The maximum atomic E-state index is 12.8. The molecule has 258 valence electrons. The first-order valence-electron chi connectivity index (χ1n) is 15.4. The molecular weight excluding hydrogens is 606 g/mol. The zero-order chi connectivity index (χ0) is 33.9. The van der Waals surface area contributed by atoms with Crippen LogP contribution in [0.15, 0.2) is 31.6 Å². The third-order valence-electron chi connectivity index (χ3n) is 8.11. The van der Waals surface area contributed by atoms with E-state index in [1.165, 1.54) is 35.7 Å². The van der Waals surface area contributed by atoms with Crippen LogP contribution in [0.4, 0.5) is 0 Å². The number of rotatable bonds is 14. The molecule has 4 unspecified atom stereocenters. The van der Waals surface area contributed by atoms with Gasteiger partial charge in [-0.3, -0.25) is 33.5 Å². The van der Waals surface area contributed by atoms with Crippen molar-refractivity contribution in [3.63, 3.8) is 0 Å². The summed E-state index contributed by atoms with van der Waals surface area (Å²) in [6.07, 6.45) is -2.03. The number of ether oxygens (including phenoxy) is 6. The standard InChI is InChI=1S/C30H47N5O11/c1-15(2)42-13-20-19(22(40-8)27(45-20)34-10-17(5)25(36)31-29(34)38)12-33(7)43-14-21-23(44-16(3)4)24(41-9)28(46-21)35-11-18(6)26(37)32-30(35)39/h10-11,15-16,19-24,27-28H,12-14H2,1-9H3,(H,31,36,38)(H,32,37,39)/t19?,20-,21-,22?,23?,24?,27-,28-/m1/s1. The van der Waals surface area contributed by atoms with Crippen molar-refractivity contribution in [3.05, 3.63) is 65.2 Å². The van der Waals surface area contributed by atoms with Crippen molar-refractivity contribution in [3.8, 4) is 0 Å². The first kappa shape index (κ1) is 35.9. The Morgan fingerprint density at radius 1 is 0.783 bits per heavy atom. The molecular formula is C30H47N5O11. The average molecular weight is 654 g/mol. The highest BCUT2D eigenvalue weighted by Crippen LogP contribution is 2.37. The Hall–Kier alpha value is -2.96. The van der Waals surface area contributed by atoms with Crippen LogP contribution in [0.5, 0.6) is 0 Å². The van der Waals surface area contributed by atoms with Crippen molar-refractivity contribution in [2.24, 2.45) is 5.92 Å². The molecule has 2 saturated heterocycles. The molecule has 0 aromatic carbocycles. The fourth-order valence-corrected chi connectivity index (χ4v) is 5.86. The van der Waals surface area contributed by atoms with E-state index in [1.54, 1.807) is 26.0 Å². The van der Waals surface area contributed by atoms with Crippen LogP contribution in [0.2, 0.25) is 0 Å². The Morgan fingerprint density at radius 3 is 1.80 bits per heavy atom. The monoisotopic (exact) mass is 653 g/mol. The molecule has 2 aliphatic heterocycles. The number of hydrogen-bond acceptors (Lipinski definition) is 12. The topological polar surface area (TPSA) is 178 Å². The number of aromatic amines is 2. The number of aromatic nitrogens is 4. The minimum Gasteiger partial charge on any atom is -0.376 e. The summed E-state index contributed by atoms with van der Waals surface area (Å²) in [7, 11) is 4.80. The summed E-state index contributed by atoms with van der Waals surface area (Å²) in [6, 6.07) is 0. The molecule has 0 aliphatic carbocycles. The smallest absolute Gasteiger partial charge is 0.330 e. The number of methoxy groups -OCH3 is 2. The van der Waals surface area contributed by atoms with Gasteiger partial charge in [0.2, 0.25) is 0 Å². The fraction of sp³-hybridized carbons (Fsp3) is 0.733. The number of hydroxylamine groups is 2. The van der Waals surface area contributed by atoms with Gasteiger partial charge in [0.1, 0.15) is 24.4 Å². The van der Waals surface area contributed by atoms with Gasteiger partial charge in [-0.2, -0.15) is 5.06 Å². The van der Waals surface area contributed by atoms with Crippen molar-refractivity contribution in [1.29, 1.82) is 0 Å². The van der Waals surface area contributed by atoms with Crippen LogP contribution in [-0.4, -0.2) is 108 Å². The quantitative estimate of drug-likeness (QED) is 0.266. The highest BCUT2D eigenvalue weighted by molar-refractivity contribution is 5.05. The van der Waals surface area contributed by atoms with Gasteiger partial charge in [0.15, 0.2) is 12.5 Å². The van der Waals surface area contributed by atoms with Gasteiger partial charge in [-0.15, -0.1) is 0 Å². The van der Waals surface area contributed by atoms with Crippen LogP contribution >= 0.6 is 0 Å². The second-order valence-electron chi connectivity index (χ2n) is 12.3. The molecule has 8 atom stereocenters. The molecule has 0 bridgehead atoms. The Labute approximate surface area is 266 Å². The highest BCUT2D eigenvalue weighted by Gasteiger charge is 2.49. The minimum atomic E-state index is -0.880. The molecule has 16 nitrogen and oxygen atoms in total. The van der Waals surface area contributed by atoms with E-state index in [0.29, 0.717) is 17.7 Å². The zero-order valence-corrected chi connectivity index (χ0v) is 27.9. The van der Waals surface area contributed by atoms with Gasteiger partial charge in [-0.1, -0.05) is 0 Å². The normalized spacial score (nSPS) is 28.3. The molecule has 0 spiro atoms. The molecule has 2 aromatic rings. The predicted octanol–water partition coefficient (Wildman–Crippen LogP) is 0.227. The molecule has 2 aliphatic rings. The number of nitrogens with zero attached hydrogens (tertiary/aromatic N) is 3. The van der Waals surface area contributed by atoms with Crippen molar-refractivity contribution < 1.29 is 33.3 Å². The minimum absolute atomic E-state index is 0.0434. The summed E-state index contributed by atoms with van der Waals surface area (Å²) >= 11 is 0. The average Bonchev–Trinajstić information content (AvgIpc) is 3.50. The van der Waals surface area contributed by atoms with E-state index in [2.05, 4.69) is 9.97 Å². The van der Waals surface area contributed by atoms with Gasteiger partial charge < -0.3 is 28.4 Å². The van der Waals surface area contributed by atoms with Crippen molar-refractivity contribution in [1.82, 2.24) is 24.2 Å². The van der Waals surface area contributed by atoms with Crippen LogP contribution in [0.25, 0.3) is 0 Å². The summed E-state index contributed by atoms with van der Waals surface area (Å²) in [5.74, 6) is -0.313. The summed E-state index contributed by atoms with van der Waals surface area (Å²) in [5, 5.41) is 1.63. The number of aryl methyl sites for hydroxylation is 2. The van der Waals surface area contributed by atoms with Gasteiger partial charge >= 0.3 is 11.4 Å². The Morgan fingerprint density at radius 2 is 1.30 bits per heavy atom. The van der Waals surface area contributed by atoms with E-state index in [9.17, 15) is 19.2 Å². The van der Waals surface area contributed by atoms with E-state index in [1.807, 2.05) is 27.7 Å². The molecule has 4 rings (SSSR count). The third kappa shape index (κ3) is 7.94. The Kier molecular flexibility index (Phi) is 11.9. The Balaban J connectivity index is 1.53. The second kappa shape index (κ2) is 15.3. The zero-order valence-electron chi connectivity index (χ0n) is 27.9. The lowest BCUT2D eigenvalue weighted by Crippen LogP contribution is -2.43. The van der Waals surface area contributed by atoms with E-state index < -0.39 is 65.5 Å². The number of hydrogen-bond donors (Lipinski definition) is 2. The van der Waals surface area contributed by atoms with Crippen LogP contribution in [0.3, 0.4) is 0 Å². The van der Waals surface area contributed by atoms with Crippen molar-refractivity contribution in [2.45, 2.75) is 96.7 Å². The summed E-state index contributed by atoms with van der Waals surface area (Å²) in [5.41, 5.74) is -1.47. The van der Waals surface area contributed by atoms with Gasteiger partial charge in [0, 0.05) is 57.3 Å². The fourth-order valence-electron chi connectivity index (χ4n) is 5.86. The molecule has 2 aromatic heterocycles. The molecule has 2 fully saturated rings. The van der Waals surface area contributed by atoms with E-state index in [0.717, 1.165) is 0 Å². The molecule has 16 heteroatoms. The van der Waals surface area contributed by atoms with E-state index >= 15 is 0 Å². The van der Waals surface area contributed by atoms with Crippen LogP contribution < -0.4 is 22.5 Å². The number of nitrogens with one attached hydrogen (secondary N) is 2. The third-order valence-corrected chi connectivity index (χ3v) is 8.11. The first-order chi connectivity index (χ1) is 21.7. The van der Waals surface area contributed by atoms with Gasteiger partial charge in [-0.05, 0) is 41.5 Å². The van der Waals surface area contributed by atoms with Crippen LogP contribution in [0, 0.1) is 19.8 Å². The summed E-state index contributed by atoms with van der Waals surface area (Å²) in [6.45, 7) is 11.4. The number of H-pyrrole nitrogens is 2. The molecule has 0 radical (unpaired) electrons. The van der Waals surface area contributed by atoms with Gasteiger partial charge in [-0.25, -0.2) is 9.59 Å². The lowest BCUT2D eigenvalue weighted by Gasteiger charge is -2.29. The summed E-state index contributed by atoms with van der Waals surface area (Å²) < 4.78 is 39.0. The van der Waals surface area contributed by atoms with Crippen LogP contribution in [-0.2, 0) is 33.3 Å². The highest BCUT2D eigenvalue weighted by atomic mass is 16.7.